The molecule has 1 aliphatic heterocycles. The van der Waals surface area contributed by atoms with Gasteiger partial charge in [0, 0.05) is 19.2 Å². The van der Waals surface area contributed by atoms with Gasteiger partial charge in [-0.15, -0.1) is 5.17 Å². The summed E-state index contributed by atoms with van der Waals surface area (Å²) in [5.74, 6) is 6.02. The maximum absolute atomic E-state index is 9.18. The molecule has 1 rings (SSSR count). The Kier molecular flexibility index (Phi) is 3.28. The minimum atomic E-state index is -0.0758. The molecule has 0 saturated heterocycles. The van der Waals surface area contributed by atoms with E-state index in [2.05, 4.69) is 5.43 Å². The molecule has 7 heteroatoms. The van der Waals surface area contributed by atoms with E-state index in [1.807, 2.05) is 18.7 Å². The first-order chi connectivity index (χ1) is 6.60. The van der Waals surface area contributed by atoms with Crippen molar-refractivity contribution in [2.45, 2.75) is 13.8 Å². The van der Waals surface area contributed by atoms with Crippen molar-refractivity contribution < 1.29 is 5.21 Å². The van der Waals surface area contributed by atoms with Gasteiger partial charge in [-0.3, -0.25) is 16.0 Å². The number of hydroxylamine groups is 1. The third kappa shape index (κ3) is 1.95. The normalized spacial score (nSPS) is 17.9. The average molecular weight is 200 g/mol. The van der Waals surface area contributed by atoms with Gasteiger partial charge in [-0.05, 0) is 19.1 Å². The number of rotatable bonds is 3. The van der Waals surface area contributed by atoms with Gasteiger partial charge in [-0.2, -0.15) is 0 Å². The predicted molar refractivity (Wildman–Crippen MR) is 51.5 cm³/mol. The standard InChI is InChI=1S/C7H16N6O/c1-3-11(4-2)7-5-6(8)12(14)13(9)10-7/h5,8,10,14H,3-4,9H2,1-2H3. The Morgan fingerprint density at radius 1 is 1.57 bits per heavy atom. The van der Waals surface area contributed by atoms with Crippen molar-refractivity contribution in [3.05, 3.63) is 11.9 Å². The van der Waals surface area contributed by atoms with Gasteiger partial charge in [0.1, 0.15) is 5.82 Å². The van der Waals surface area contributed by atoms with Crippen molar-refractivity contribution in [3.8, 4) is 0 Å². The summed E-state index contributed by atoms with van der Waals surface area (Å²) >= 11 is 0. The molecule has 0 unspecified atom stereocenters. The third-order valence-electron chi connectivity index (χ3n) is 2.03. The number of hydrogen-bond donors (Lipinski definition) is 4. The van der Waals surface area contributed by atoms with Crippen molar-refractivity contribution in [1.29, 1.82) is 5.41 Å². The topological polar surface area (TPSA) is 91.9 Å². The highest BCUT2D eigenvalue weighted by Crippen LogP contribution is 2.06. The smallest absolute Gasteiger partial charge is 0.170 e. The van der Waals surface area contributed by atoms with Crippen LogP contribution in [0.25, 0.3) is 0 Å². The second kappa shape index (κ2) is 4.27. The van der Waals surface area contributed by atoms with E-state index in [9.17, 15) is 5.21 Å². The Labute approximate surface area is 82.7 Å². The molecule has 0 fully saturated rings. The van der Waals surface area contributed by atoms with E-state index in [0.717, 1.165) is 18.3 Å². The van der Waals surface area contributed by atoms with Crippen LogP contribution in [-0.2, 0) is 0 Å². The van der Waals surface area contributed by atoms with E-state index in [1.54, 1.807) is 0 Å². The fourth-order valence-electron chi connectivity index (χ4n) is 1.23. The van der Waals surface area contributed by atoms with Crippen LogP contribution in [0.15, 0.2) is 11.9 Å². The number of nitrogens with zero attached hydrogens (tertiary/aromatic N) is 3. The number of nitrogens with one attached hydrogen (secondary N) is 2. The SMILES string of the molecule is CCN(CC)C1=CC(=N)N(O)N(N)N1. The lowest BCUT2D eigenvalue weighted by Crippen LogP contribution is -2.60. The van der Waals surface area contributed by atoms with Gasteiger partial charge >= 0.3 is 0 Å². The highest BCUT2D eigenvalue weighted by atomic mass is 16.6. The molecule has 0 atom stereocenters. The molecule has 0 aromatic rings. The highest BCUT2D eigenvalue weighted by Gasteiger charge is 2.21. The quantitative estimate of drug-likeness (QED) is 0.457. The molecule has 0 saturated carbocycles. The van der Waals surface area contributed by atoms with Crippen molar-refractivity contribution in [1.82, 2.24) is 20.7 Å². The molecule has 1 aliphatic rings. The van der Waals surface area contributed by atoms with Crippen LogP contribution in [0.5, 0.6) is 0 Å². The van der Waals surface area contributed by atoms with Gasteiger partial charge in [0.2, 0.25) is 0 Å². The summed E-state index contributed by atoms with van der Waals surface area (Å²) < 4.78 is 0. The summed E-state index contributed by atoms with van der Waals surface area (Å²) in [5, 5.41) is 18.0. The Bertz CT molecular complexity index is 249. The summed E-state index contributed by atoms with van der Waals surface area (Å²) in [4.78, 5) is 1.99. The van der Waals surface area contributed by atoms with Gasteiger partial charge in [-0.1, -0.05) is 0 Å². The van der Waals surface area contributed by atoms with E-state index in [-0.39, 0.29) is 5.84 Å². The third-order valence-corrected chi connectivity index (χ3v) is 2.03. The fraction of sp³-hybridized carbons (Fsp3) is 0.571. The Morgan fingerprint density at radius 3 is 2.57 bits per heavy atom. The first kappa shape index (κ1) is 10.8. The van der Waals surface area contributed by atoms with Crippen molar-refractivity contribution in [3.63, 3.8) is 0 Å². The van der Waals surface area contributed by atoms with Crippen molar-refractivity contribution in [2.75, 3.05) is 13.1 Å². The van der Waals surface area contributed by atoms with Crippen LogP contribution in [0.1, 0.15) is 13.8 Å². The zero-order valence-corrected chi connectivity index (χ0v) is 8.36. The molecular weight excluding hydrogens is 184 g/mol. The fourth-order valence-corrected chi connectivity index (χ4v) is 1.23. The molecule has 7 nitrogen and oxygen atoms in total. The maximum Gasteiger partial charge on any atom is 0.170 e. The van der Waals surface area contributed by atoms with E-state index in [0.29, 0.717) is 11.0 Å². The van der Waals surface area contributed by atoms with Gasteiger partial charge < -0.3 is 4.90 Å². The molecule has 0 aromatic carbocycles. The van der Waals surface area contributed by atoms with Crippen molar-refractivity contribution in [2.24, 2.45) is 5.84 Å². The Balaban J connectivity index is 2.80. The first-order valence-electron chi connectivity index (χ1n) is 4.45. The molecule has 14 heavy (non-hydrogen) atoms. The highest BCUT2D eigenvalue weighted by molar-refractivity contribution is 5.89. The molecule has 0 radical (unpaired) electrons. The zero-order valence-electron chi connectivity index (χ0n) is 8.36. The lowest BCUT2D eigenvalue weighted by atomic mass is 10.4. The van der Waals surface area contributed by atoms with Crippen LogP contribution in [0.3, 0.4) is 0 Å². The number of hydrazine groups is 3. The molecular formula is C7H16N6O. The van der Waals surface area contributed by atoms with Crippen LogP contribution in [0.4, 0.5) is 0 Å². The largest absolute Gasteiger partial charge is 0.358 e. The first-order valence-corrected chi connectivity index (χ1v) is 4.45. The van der Waals surface area contributed by atoms with E-state index in [1.165, 1.54) is 6.08 Å². The number of nitrogens with two attached hydrogens (primary N) is 1. The molecule has 80 valence electrons. The molecule has 0 spiro atoms. The second-order valence-electron chi connectivity index (χ2n) is 2.83. The zero-order chi connectivity index (χ0) is 10.7. The van der Waals surface area contributed by atoms with E-state index in [4.69, 9.17) is 11.3 Å². The van der Waals surface area contributed by atoms with Crippen LogP contribution >= 0.6 is 0 Å². The van der Waals surface area contributed by atoms with Crippen LogP contribution in [0, 0.1) is 5.41 Å². The Morgan fingerprint density at radius 2 is 2.14 bits per heavy atom. The number of hydrogen-bond acceptors (Lipinski definition) is 6. The van der Waals surface area contributed by atoms with Gasteiger partial charge in [-0.25, -0.2) is 5.84 Å². The second-order valence-corrected chi connectivity index (χ2v) is 2.83. The van der Waals surface area contributed by atoms with E-state index >= 15 is 0 Å². The van der Waals surface area contributed by atoms with Crippen molar-refractivity contribution >= 4 is 5.84 Å². The summed E-state index contributed by atoms with van der Waals surface area (Å²) in [7, 11) is 0. The van der Waals surface area contributed by atoms with E-state index < -0.39 is 0 Å². The summed E-state index contributed by atoms with van der Waals surface area (Å²) in [6.07, 6.45) is 1.51. The summed E-state index contributed by atoms with van der Waals surface area (Å²) in [6, 6.07) is 0. The summed E-state index contributed by atoms with van der Waals surface area (Å²) in [5.41, 5.74) is 2.73. The Hall–Kier alpha value is -1.31. The molecule has 1 heterocycles. The van der Waals surface area contributed by atoms with Crippen LogP contribution in [-0.4, -0.2) is 39.4 Å². The summed E-state index contributed by atoms with van der Waals surface area (Å²) in [6.45, 7) is 5.62. The van der Waals surface area contributed by atoms with Gasteiger partial charge in [0.05, 0.1) is 0 Å². The molecule has 5 N–H and O–H groups in total. The average Bonchev–Trinajstić information content (AvgIpc) is 2.16. The maximum atomic E-state index is 9.18. The molecule has 0 aromatic heterocycles. The minimum absolute atomic E-state index is 0.0758. The van der Waals surface area contributed by atoms with Gasteiger partial charge in [0.15, 0.2) is 5.84 Å². The van der Waals surface area contributed by atoms with Crippen LogP contribution < -0.4 is 11.3 Å². The monoisotopic (exact) mass is 200 g/mol. The molecule has 0 amide bonds. The van der Waals surface area contributed by atoms with Gasteiger partial charge in [0.25, 0.3) is 0 Å². The molecule has 0 bridgehead atoms. The lowest BCUT2D eigenvalue weighted by molar-refractivity contribution is -0.213. The lowest BCUT2D eigenvalue weighted by Gasteiger charge is -2.36. The minimum Gasteiger partial charge on any atom is -0.358 e. The van der Waals surface area contributed by atoms with Crippen LogP contribution in [0.2, 0.25) is 0 Å². The number of amidine groups is 1. The molecule has 0 aliphatic carbocycles. The predicted octanol–water partition coefficient (Wildman–Crippen LogP) is -0.553.